The van der Waals surface area contributed by atoms with E-state index in [9.17, 15) is 24.8 Å². The van der Waals surface area contributed by atoms with Crippen molar-refractivity contribution < 1.29 is 24.4 Å². The lowest BCUT2D eigenvalue weighted by Gasteiger charge is -2.39. The highest BCUT2D eigenvalue weighted by molar-refractivity contribution is 5.87. The summed E-state index contributed by atoms with van der Waals surface area (Å²) in [6.07, 6.45) is 2.62. The van der Waals surface area contributed by atoms with Crippen LogP contribution in [0.1, 0.15) is 49.0 Å². The van der Waals surface area contributed by atoms with E-state index in [-0.39, 0.29) is 23.2 Å². The van der Waals surface area contributed by atoms with E-state index in [2.05, 4.69) is 10.3 Å². The quantitative estimate of drug-likeness (QED) is 0.530. The summed E-state index contributed by atoms with van der Waals surface area (Å²) in [5.41, 5.74) is 0.523. The van der Waals surface area contributed by atoms with Crippen molar-refractivity contribution in [2.24, 2.45) is 0 Å². The molecule has 32 heavy (non-hydrogen) atoms. The second-order valence-electron chi connectivity index (χ2n) is 8.73. The van der Waals surface area contributed by atoms with Crippen LogP contribution in [0.5, 0.6) is 0 Å². The lowest BCUT2D eigenvalue weighted by Crippen LogP contribution is -2.51. The Morgan fingerprint density at radius 3 is 2.69 bits per heavy atom. The van der Waals surface area contributed by atoms with Crippen molar-refractivity contribution in [1.82, 2.24) is 10.3 Å². The van der Waals surface area contributed by atoms with Crippen LogP contribution in [-0.4, -0.2) is 51.8 Å². The minimum absolute atomic E-state index is 0.136. The summed E-state index contributed by atoms with van der Waals surface area (Å²) in [6, 6.07) is 7.80. The lowest BCUT2D eigenvalue weighted by molar-refractivity contribution is -0.384. The van der Waals surface area contributed by atoms with Crippen LogP contribution in [0.2, 0.25) is 0 Å². The number of nitrogens with zero attached hydrogens (tertiary/aromatic N) is 3. The Morgan fingerprint density at radius 2 is 2.03 bits per heavy atom. The van der Waals surface area contributed by atoms with Gasteiger partial charge in [-0.25, -0.2) is 9.59 Å². The van der Waals surface area contributed by atoms with Crippen LogP contribution in [0.4, 0.5) is 16.2 Å². The number of rotatable bonds is 5. The average Bonchev–Trinajstić information content (AvgIpc) is 2.72. The number of benzene rings is 1. The highest BCUT2D eigenvalue weighted by Gasteiger charge is 2.33. The van der Waals surface area contributed by atoms with Gasteiger partial charge in [-0.1, -0.05) is 12.1 Å². The molecule has 0 bridgehead atoms. The van der Waals surface area contributed by atoms with Crippen molar-refractivity contribution in [3.05, 3.63) is 64.0 Å². The lowest BCUT2D eigenvalue weighted by atomic mass is 9.87. The molecule has 2 heterocycles. The monoisotopic (exact) mass is 442 g/mol. The standard InChI is InChI=1S/C22H26N4O6/c1-22(2,3)32-21(29)24-17-10-16(14-5-4-6-15(9-14)20(27)28)12-25(13-17)18-7-8-23-11-19(18)26(30)31/h4-9,11,16-17H,10,12-13H2,1-3H3,(H,24,29)(H,27,28)/t16-,17+/m1/s1. The summed E-state index contributed by atoms with van der Waals surface area (Å²) >= 11 is 0. The number of carbonyl (C=O) groups excluding carboxylic acids is 1. The number of aromatic nitrogens is 1. The van der Waals surface area contributed by atoms with E-state index in [4.69, 9.17) is 4.74 Å². The van der Waals surface area contributed by atoms with Gasteiger partial charge < -0.3 is 20.1 Å². The average molecular weight is 442 g/mol. The van der Waals surface area contributed by atoms with E-state index >= 15 is 0 Å². The molecule has 1 aromatic carbocycles. The summed E-state index contributed by atoms with van der Waals surface area (Å²) in [5.74, 6) is -1.21. The number of carboxylic acids is 1. The molecule has 170 valence electrons. The zero-order chi connectivity index (χ0) is 23.5. The first-order valence-corrected chi connectivity index (χ1v) is 10.2. The number of nitrogens with one attached hydrogen (secondary N) is 1. The molecule has 0 aliphatic carbocycles. The molecule has 1 amide bonds. The van der Waals surface area contributed by atoms with E-state index in [0.29, 0.717) is 25.2 Å². The van der Waals surface area contributed by atoms with Crippen LogP contribution >= 0.6 is 0 Å². The van der Waals surface area contributed by atoms with Gasteiger partial charge in [0.1, 0.15) is 17.5 Å². The van der Waals surface area contributed by atoms with Gasteiger partial charge in [-0.2, -0.15) is 0 Å². The molecular formula is C22H26N4O6. The zero-order valence-corrected chi connectivity index (χ0v) is 18.1. The number of alkyl carbamates (subject to hydrolysis) is 1. The highest BCUT2D eigenvalue weighted by Crippen LogP contribution is 2.34. The Labute approximate surface area is 185 Å². The van der Waals surface area contributed by atoms with Gasteiger partial charge in [0, 0.05) is 25.2 Å². The molecule has 1 aromatic heterocycles. The molecule has 3 rings (SSSR count). The SMILES string of the molecule is CC(C)(C)OC(=O)N[C@H]1C[C@@H](c2cccc(C(=O)O)c2)CN(c2ccncc2[N+](=O)[O-])C1. The number of hydrogen-bond acceptors (Lipinski definition) is 7. The highest BCUT2D eigenvalue weighted by atomic mass is 16.6. The molecule has 0 saturated carbocycles. The van der Waals surface area contributed by atoms with Crippen LogP contribution < -0.4 is 10.2 Å². The molecule has 10 heteroatoms. The van der Waals surface area contributed by atoms with Crippen LogP contribution in [0.3, 0.4) is 0 Å². The zero-order valence-electron chi connectivity index (χ0n) is 18.1. The van der Waals surface area contributed by atoms with Crippen LogP contribution in [0.25, 0.3) is 0 Å². The minimum atomic E-state index is -1.03. The Morgan fingerprint density at radius 1 is 1.28 bits per heavy atom. The molecule has 2 aromatic rings. The van der Waals surface area contributed by atoms with Gasteiger partial charge in [0.15, 0.2) is 0 Å². The van der Waals surface area contributed by atoms with Gasteiger partial charge in [0.25, 0.3) is 0 Å². The smallest absolute Gasteiger partial charge is 0.407 e. The largest absolute Gasteiger partial charge is 0.478 e. The number of hydrogen-bond donors (Lipinski definition) is 2. The first-order valence-electron chi connectivity index (χ1n) is 10.2. The van der Waals surface area contributed by atoms with Gasteiger partial charge in [-0.15, -0.1) is 0 Å². The summed E-state index contributed by atoms with van der Waals surface area (Å²) in [5, 5.41) is 23.7. The molecule has 1 fully saturated rings. The number of amides is 1. The molecular weight excluding hydrogens is 416 g/mol. The number of pyridine rings is 1. The molecule has 2 atom stereocenters. The number of carboxylic acid groups (broad SMARTS) is 1. The third-order valence-electron chi connectivity index (χ3n) is 5.09. The second-order valence-corrected chi connectivity index (χ2v) is 8.73. The van der Waals surface area contributed by atoms with E-state index < -0.39 is 22.6 Å². The number of aromatic carboxylic acids is 1. The number of anilines is 1. The van der Waals surface area contributed by atoms with Gasteiger partial charge in [-0.05, 0) is 51.0 Å². The summed E-state index contributed by atoms with van der Waals surface area (Å²) in [6.45, 7) is 6.04. The predicted octanol–water partition coefficient (Wildman–Crippen LogP) is 3.58. The maximum absolute atomic E-state index is 12.4. The fraction of sp³-hybridized carbons (Fsp3) is 0.409. The second kappa shape index (κ2) is 9.21. The van der Waals surface area contributed by atoms with Crippen molar-refractivity contribution in [2.45, 2.75) is 44.8 Å². The van der Waals surface area contributed by atoms with Crippen molar-refractivity contribution in [1.29, 1.82) is 0 Å². The summed E-state index contributed by atoms with van der Waals surface area (Å²) < 4.78 is 5.37. The van der Waals surface area contributed by atoms with Gasteiger partial charge in [-0.3, -0.25) is 15.1 Å². The number of piperidine rings is 1. The van der Waals surface area contributed by atoms with E-state index in [1.165, 1.54) is 18.5 Å². The Kier molecular flexibility index (Phi) is 6.61. The first kappa shape index (κ1) is 23.0. The van der Waals surface area contributed by atoms with Crippen LogP contribution in [0, 0.1) is 10.1 Å². The van der Waals surface area contributed by atoms with Gasteiger partial charge in [0.2, 0.25) is 0 Å². The molecule has 1 saturated heterocycles. The van der Waals surface area contributed by atoms with E-state index in [1.807, 2.05) is 11.0 Å². The fourth-order valence-electron chi connectivity index (χ4n) is 3.83. The molecule has 10 nitrogen and oxygen atoms in total. The van der Waals surface area contributed by atoms with Crippen LogP contribution in [0.15, 0.2) is 42.7 Å². The Bertz CT molecular complexity index is 1020. The maximum atomic E-state index is 12.4. The van der Waals surface area contributed by atoms with Gasteiger partial charge in [0.05, 0.1) is 16.5 Å². The topological polar surface area (TPSA) is 135 Å². The van der Waals surface area contributed by atoms with Gasteiger partial charge >= 0.3 is 17.7 Å². The Balaban J connectivity index is 1.92. The Hall–Kier alpha value is -3.69. The van der Waals surface area contributed by atoms with Crippen molar-refractivity contribution in [3.63, 3.8) is 0 Å². The molecule has 1 aliphatic heterocycles. The normalized spacial score (nSPS) is 18.7. The van der Waals surface area contributed by atoms with Crippen LogP contribution in [-0.2, 0) is 4.74 Å². The molecule has 2 N–H and O–H groups in total. The molecule has 0 radical (unpaired) electrons. The molecule has 1 aliphatic rings. The maximum Gasteiger partial charge on any atom is 0.407 e. The molecule has 0 unspecified atom stereocenters. The number of carbonyl (C=O) groups is 2. The van der Waals surface area contributed by atoms with Crippen molar-refractivity contribution >= 4 is 23.4 Å². The third-order valence-corrected chi connectivity index (χ3v) is 5.09. The summed E-state index contributed by atoms with van der Waals surface area (Å²) in [4.78, 5) is 40.5. The van der Waals surface area contributed by atoms with E-state index in [0.717, 1.165) is 5.56 Å². The van der Waals surface area contributed by atoms with Crippen molar-refractivity contribution in [2.75, 3.05) is 18.0 Å². The first-order chi connectivity index (χ1) is 15.0. The van der Waals surface area contributed by atoms with E-state index in [1.54, 1.807) is 39.0 Å². The number of nitro groups is 1. The number of ether oxygens (including phenoxy) is 1. The summed E-state index contributed by atoms with van der Waals surface area (Å²) in [7, 11) is 0. The fourth-order valence-corrected chi connectivity index (χ4v) is 3.83. The minimum Gasteiger partial charge on any atom is -0.478 e. The predicted molar refractivity (Wildman–Crippen MR) is 117 cm³/mol. The van der Waals surface area contributed by atoms with Crippen molar-refractivity contribution in [3.8, 4) is 0 Å². The molecule has 0 spiro atoms. The third kappa shape index (κ3) is 5.71.